The summed E-state index contributed by atoms with van der Waals surface area (Å²) in [7, 11) is 1.53. The summed E-state index contributed by atoms with van der Waals surface area (Å²) >= 11 is 0. The van der Waals surface area contributed by atoms with Crippen molar-refractivity contribution in [2.75, 3.05) is 20.3 Å². The summed E-state index contributed by atoms with van der Waals surface area (Å²) in [5.74, 6) is -0.968. The predicted molar refractivity (Wildman–Crippen MR) is 92.8 cm³/mol. The molecule has 142 valence electrons. The number of fused-ring (bicyclic) bond motifs is 5. The summed E-state index contributed by atoms with van der Waals surface area (Å²) < 4.78 is 10.0. The second kappa shape index (κ2) is 6.79. The SMILES string of the molecule is COc1ccc(C(=O)COC(=O)CN2C(=O)[C@H]3[C@@H]4CC[C@@H](C4)[C@@H]3C2=O)cc1. The molecule has 1 aromatic rings. The van der Waals surface area contributed by atoms with Crippen molar-refractivity contribution >= 4 is 23.6 Å². The minimum absolute atomic E-state index is 0.254. The Labute approximate surface area is 156 Å². The number of ether oxygens (including phenoxy) is 2. The van der Waals surface area contributed by atoms with Crippen LogP contribution in [-0.4, -0.2) is 48.7 Å². The van der Waals surface area contributed by atoms with Crippen LogP contribution in [0.25, 0.3) is 0 Å². The highest BCUT2D eigenvalue weighted by Crippen LogP contribution is 2.56. The molecule has 3 fully saturated rings. The summed E-state index contributed by atoms with van der Waals surface area (Å²) in [6, 6.07) is 6.45. The summed E-state index contributed by atoms with van der Waals surface area (Å²) in [5.41, 5.74) is 0.392. The highest BCUT2D eigenvalue weighted by Gasteiger charge is 2.61. The molecule has 1 aliphatic heterocycles. The van der Waals surface area contributed by atoms with Gasteiger partial charge in [-0.25, -0.2) is 0 Å². The Morgan fingerprint density at radius 1 is 1.04 bits per heavy atom. The zero-order chi connectivity index (χ0) is 19.1. The number of carbonyl (C=O) groups is 4. The number of methoxy groups -OCH3 is 1. The molecule has 0 aromatic heterocycles. The number of ketones is 1. The highest BCUT2D eigenvalue weighted by molar-refractivity contribution is 6.08. The molecule has 1 saturated heterocycles. The third kappa shape index (κ3) is 3.01. The van der Waals surface area contributed by atoms with Gasteiger partial charge in [-0.2, -0.15) is 0 Å². The molecule has 0 spiro atoms. The first-order valence-corrected chi connectivity index (χ1v) is 9.17. The Kier molecular flexibility index (Phi) is 4.45. The Bertz CT molecular complexity index is 773. The van der Waals surface area contributed by atoms with Crippen LogP contribution in [0.15, 0.2) is 24.3 Å². The number of nitrogens with zero attached hydrogens (tertiary/aromatic N) is 1. The lowest BCUT2D eigenvalue weighted by molar-refractivity contribution is -0.152. The van der Waals surface area contributed by atoms with E-state index in [1.165, 1.54) is 7.11 Å². The molecule has 2 saturated carbocycles. The van der Waals surface area contributed by atoms with Gasteiger partial charge in [-0.3, -0.25) is 24.1 Å². The van der Waals surface area contributed by atoms with Gasteiger partial charge in [0.15, 0.2) is 12.4 Å². The van der Waals surface area contributed by atoms with Crippen LogP contribution < -0.4 is 4.74 Å². The molecule has 27 heavy (non-hydrogen) atoms. The van der Waals surface area contributed by atoms with E-state index in [-0.39, 0.29) is 41.3 Å². The molecule has 4 atom stereocenters. The molecular formula is C20H21NO6. The third-order valence-electron chi connectivity index (χ3n) is 6.08. The van der Waals surface area contributed by atoms with Crippen molar-refractivity contribution < 1.29 is 28.7 Å². The van der Waals surface area contributed by atoms with E-state index >= 15 is 0 Å². The number of Topliss-reactive ketones (excluding diaryl/α,β-unsaturated/α-hetero) is 1. The molecule has 0 unspecified atom stereocenters. The zero-order valence-corrected chi connectivity index (χ0v) is 15.1. The molecule has 0 N–H and O–H groups in total. The lowest BCUT2D eigenvalue weighted by atomic mass is 9.81. The monoisotopic (exact) mass is 371 g/mol. The lowest BCUT2D eigenvalue weighted by Gasteiger charge is -2.19. The van der Waals surface area contributed by atoms with Gasteiger partial charge < -0.3 is 9.47 Å². The molecule has 7 heteroatoms. The molecule has 4 rings (SSSR count). The Hall–Kier alpha value is -2.70. The Morgan fingerprint density at radius 3 is 2.19 bits per heavy atom. The predicted octanol–water partition coefficient (Wildman–Crippen LogP) is 1.45. The number of likely N-dealkylation sites (tertiary alicyclic amines) is 1. The third-order valence-corrected chi connectivity index (χ3v) is 6.08. The van der Waals surface area contributed by atoms with E-state index in [4.69, 9.17) is 9.47 Å². The first-order valence-electron chi connectivity index (χ1n) is 9.17. The maximum atomic E-state index is 12.6. The first-order chi connectivity index (χ1) is 13.0. The molecular weight excluding hydrogens is 350 g/mol. The van der Waals surface area contributed by atoms with Gasteiger partial charge in [-0.15, -0.1) is 0 Å². The number of imide groups is 1. The molecule has 1 heterocycles. The molecule has 1 aromatic carbocycles. The van der Waals surface area contributed by atoms with E-state index in [1.54, 1.807) is 24.3 Å². The van der Waals surface area contributed by atoms with Gasteiger partial charge in [0.2, 0.25) is 11.8 Å². The van der Waals surface area contributed by atoms with Crippen LogP contribution in [0.1, 0.15) is 29.6 Å². The Balaban J connectivity index is 1.32. The fraction of sp³-hybridized carbons (Fsp3) is 0.500. The van der Waals surface area contributed by atoms with Crippen molar-refractivity contribution in [3.63, 3.8) is 0 Å². The van der Waals surface area contributed by atoms with Crippen molar-refractivity contribution in [2.24, 2.45) is 23.7 Å². The minimum atomic E-state index is -0.745. The van der Waals surface area contributed by atoms with Crippen LogP contribution in [-0.2, 0) is 19.1 Å². The maximum Gasteiger partial charge on any atom is 0.326 e. The van der Waals surface area contributed by atoms with Gasteiger partial charge >= 0.3 is 5.97 Å². The fourth-order valence-corrected chi connectivity index (χ4v) is 4.81. The number of hydrogen-bond acceptors (Lipinski definition) is 6. The van der Waals surface area contributed by atoms with E-state index in [1.807, 2.05) is 0 Å². The van der Waals surface area contributed by atoms with Gasteiger partial charge in [0.1, 0.15) is 12.3 Å². The average molecular weight is 371 g/mol. The molecule has 0 radical (unpaired) electrons. The lowest BCUT2D eigenvalue weighted by Crippen LogP contribution is -2.38. The van der Waals surface area contributed by atoms with Gasteiger partial charge in [0, 0.05) is 5.56 Å². The van der Waals surface area contributed by atoms with Crippen LogP contribution in [0, 0.1) is 23.7 Å². The van der Waals surface area contributed by atoms with Crippen LogP contribution in [0.4, 0.5) is 0 Å². The number of esters is 1. The Morgan fingerprint density at radius 2 is 1.63 bits per heavy atom. The molecule has 7 nitrogen and oxygen atoms in total. The van der Waals surface area contributed by atoms with Crippen molar-refractivity contribution in [3.8, 4) is 5.75 Å². The minimum Gasteiger partial charge on any atom is -0.497 e. The molecule has 3 aliphatic rings. The number of hydrogen-bond donors (Lipinski definition) is 0. The normalized spacial score (nSPS) is 28.4. The molecule has 2 bridgehead atoms. The topological polar surface area (TPSA) is 90.0 Å². The summed E-state index contributed by atoms with van der Waals surface area (Å²) in [6.45, 7) is -0.848. The van der Waals surface area contributed by atoms with Crippen molar-refractivity contribution in [3.05, 3.63) is 29.8 Å². The van der Waals surface area contributed by atoms with Crippen LogP contribution >= 0.6 is 0 Å². The highest BCUT2D eigenvalue weighted by atomic mass is 16.5. The number of carbonyl (C=O) groups excluding carboxylic acids is 4. The van der Waals surface area contributed by atoms with Crippen molar-refractivity contribution in [1.82, 2.24) is 4.90 Å². The van der Waals surface area contributed by atoms with Gasteiger partial charge in [-0.1, -0.05) is 0 Å². The molecule has 2 aliphatic carbocycles. The van der Waals surface area contributed by atoms with Crippen LogP contribution in [0.5, 0.6) is 5.75 Å². The van der Waals surface area contributed by atoms with Crippen molar-refractivity contribution in [2.45, 2.75) is 19.3 Å². The quantitative estimate of drug-likeness (QED) is 0.427. The second-order valence-corrected chi connectivity index (χ2v) is 7.46. The van der Waals surface area contributed by atoms with Gasteiger partial charge in [0.05, 0.1) is 18.9 Å². The number of benzene rings is 1. The van der Waals surface area contributed by atoms with E-state index in [9.17, 15) is 19.2 Å². The van der Waals surface area contributed by atoms with Crippen LogP contribution in [0.3, 0.4) is 0 Å². The second-order valence-electron chi connectivity index (χ2n) is 7.46. The standard InChI is InChI=1S/C20H21NO6/c1-26-14-6-4-11(5-7-14)15(22)10-27-16(23)9-21-19(24)17-12-2-3-13(8-12)18(17)20(21)25/h4-7,12-13,17-18H,2-3,8-10H2,1H3/t12-,13+,17-,18-/m0/s1. The van der Waals surface area contributed by atoms with E-state index < -0.39 is 19.1 Å². The smallest absolute Gasteiger partial charge is 0.326 e. The van der Waals surface area contributed by atoms with E-state index in [2.05, 4.69) is 0 Å². The van der Waals surface area contributed by atoms with Gasteiger partial charge in [0.25, 0.3) is 0 Å². The summed E-state index contributed by atoms with van der Waals surface area (Å²) in [4.78, 5) is 50.3. The summed E-state index contributed by atoms with van der Waals surface area (Å²) in [5, 5.41) is 0. The average Bonchev–Trinajstić information content (AvgIpc) is 3.36. The van der Waals surface area contributed by atoms with E-state index in [0.29, 0.717) is 11.3 Å². The first kappa shape index (κ1) is 17.7. The van der Waals surface area contributed by atoms with Gasteiger partial charge in [-0.05, 0) is 55.4 Å². The number of amides is 2. The molecule has 2 amide bonds. The van der Waals surface area contributed by atoms with E-state index in [0.717, 1.165) is 24.2 Å². The van der Waals surface area contributed by atoms with Crippen molar-refractivity contribution in [1.29, 1.82) is 0 Å². The van der Waals surface area contributed by atoms with Crippen LogP contribution in [0.2, 0.25) is 0 Å². The number of rotatable bonds is 6. The largest absolute Gasteiger partial charge is 0.497 e. The maximum absolute atomic E-state index is 12.6. The fourth-order valence-electron chi connectivity index (χ4n) is 4.81. The summed E-state index contributed by atoms with van der Waals surface area (Å²) in [6.07, 6.45) is 2.92. The zero-order valence-electron chi connectivity index (χ0n) is 15.1.